The highest BCUT2D eigenvalue weighted by Crippen LogP contribution is 2.32. The van der Waals surface area contributed by atoms with Crippen molar-refractivity contribution in [3.8, 4) is 5.69 Å². The van der Waals surface area contributed by atoms with E-state index in [1.807, 2.05) is 59.4 Å². The third-order valence-corrected chi connectivity index (χ3v) is 5.68. The lowest BCUT2D eigenvalue weighted by molar-refractivity contribution is 0.0748. The molecule has 0 atom stereocenters. The van der Waals surface area contributed by atoms with Gasteiger partial charge in [-0.1, -0.05) is 45.0 Å². The molecule has 0 bridgehead atoms. The van der Waals surface area contributed by atoms with Gasteiger partial charge in [0, 0.05) is 26.2 Å². The van der Waals surface area contributed by atoms with Crippen LogP contribution in [0.1, 0.15) is 54.0 Å². The van der Waals surface area contributed by atoms with Gasteiger partial charge in [-0.15, -0.1) is 11.3 Å². The summed E-state index contributed by atoms with van der Waals surface area (Å²) < 4.78 is 2.00. The second kappa shape index (κ2) is 9.27. The van der Waals surface area contributed by atoms with E-state index in [0.717, 1.165) is 40.6 Å². The summed E-state index contributed by atoms with van der Waals surface area (Å²) in [5.74, 6) is 1.38. The molecule has 1 amide bonds. The van der Waals surface area contributed by atoms with E-state index in [9.17, 15) is 4.79 Å². The molecular formula is C23H30N4OS. The molecule has 2 heterocycles. The first kappa shape index (κ1) is 21.1. The van der Waals surface area contributed by atoms with Crippen LogP contribution in [0.3, 0.4) is 0 Å². The standard InChI is InChI=1S/C23H30N4OS/c1-6-14-26(23(28)20-13-10-15-29-20)16-19-21(17(2)3)24-27(22(19)25(4)5)18-11-8-7-9-12-18/h7-13,15,17H,6,14,16H2,1-5H3. The molecule has 0 saturated carbocycles. The summed E-state index contributed by atoms with van der Waals surface area (Å²) in [5, 5.41) is 6.93. The van der Waals surface area contributed by atoms with Crippen molar-refractivity contribution in [1.82, 2.24) is 14.7 Å². The number of hydrogen-bond donors (Lipinski definition) is 0. The molecule has 1 aromatic carbocycles. The van der Waals surface area contributed by atoms with Crippen LogP contribution >= 0.6 is 11.3 Å². The molecule has 0 unspecified atom stereocenters. The molecule has 0 fully saturated rings. The maximum atomic E-state index is 13.1. The first-order valence-electron chi connectivity index (χ1n) is 10.1. The Balaban J connectivity index is 2.08. The third-order valence-electron chi connectivity index (χ3n) is 4.82. The number of aromatic nitrogens is 2. The van der Waals surface area contributed by atoms with E-state index in [4.69, 9.17) is 5.10 Å². The van der Waals surface area contributed by atoms with Crippen LogP contribution < -0.4 is 4.90 Å². The van der Waals surface area contributed by atoms with Crippen LogP contribution in [0.25, 0.3) is 5.69 Å². The Morgan fingerprint density at radius 1 is 1.14 bits per heavy atom. The van der Waals surface area contributed by atoms with Gasteiger partial charge in [0.1, 0.15) is 5.82 Å². The zero-order valence-electron chi connectivity index (χ0n) is 17.9. The summed E-state index contributed by atoms with van der Waals surface area (Å²) in [5.41, 5.74) is 3.18. The van der Waals surface area contributed by atoms with Crippen LogP contribution in [0.15, 0.2) is 47.8 Å². The summed E-state index contributed by atoms with van der Waals surface area (Å²) in [6.45, 7) is 7.70. The number of rotatable bonds is 8. The van der Waals surface area contributed by atoms with Crippen LogP contribution in [0, 0.1) is 0 Å². The Morgan fingerprint density at radius 2 is 1.86 bits per heavy atom. The van der Waals surface area contributed by atoms with E-state index in [-0.39, 0.29) is 11.8 Å². The molecular weight excluding hydrogens is 380 g/mol. The summed E-state index contributed by atoms with van der Waals surface area (Å²) in [6.07, 6.45) is 0.915. The Morgan fingerprint density at radius 3 is 2.41 bits per heavy atom. The van der Waals surface area contributed by atoms with E-state index < -0.39 is 0 Å². The van der Waals surface area contributed by atoms with Crippen LogP contribution in [-0.4, -0.2) is 41.2 Å². The second-order valence-electron chi connectivity index (χ2n) is 7.69. The van der Waals surface area contributed by atoms with E-state index in [1.165, 1.54) is 11.3 Å². The number of carbonyl (C=O) groups excluding carboxylic acids is 1. The molecule has 5 nitrogen and oxygen atoms in total. The van der Waals surface area contributed by atoms with Gasteiger partial charge in [0.25, 0.3) is 5.91 Å². The molecule has 0 aliphatic carbocycles. The number of para-hydroxylation sites is 1. The van der Waals surface area contributed by atoms with Gasteiger partial charge in [0.2, 0.25) is 0 Å². The van der Waals surface area contributed by atoms with Gasteiger partial charge in [-0.3, -0.25) is 4.79 Å². The van der Waals surface area contributed by atoms with Crippen LogP contribution in [0.5, 0.6) is 0 Å². The lowest BCUT2D eigenvalue weighted by atomic mass is 10.0. The first-order valence-corrected chi connectivity index (χ1v) is 11.0. The molecule has 6 heteroatoms. The van der Waals surface area contributed by atoms with Gasteiger partial charge in [0.15, 0.2) is 0 Å². The Bertz CT molecular complexity index is 929. The summed E-state index contributed by atoms with van der Waals surface area (Å²) in [7, 11) is 4.07. The maximum Gasteiger partial charge on any atom is 0.264 e. The highest BCUT2D eigenvalue weighted by atomic mass is 32.1. The van der Waals surface area contributed by atoms with Gasteiger partial charge in [-0.25, -0.2) is 4.68 Å². The fraction of sp³-hybridized carbons (Fsp3) is 0.391. The normalized spacial score (nSPS) is 11.1. The summed E-state index contributed by atoms with van der Waals surface area (Å²) >= 11 is 1.50. The van der Waals surface area contributed by atoms with Crippen molar-refractivity contribution in [1.29, 1.82) is 0 Å². The van der Waals surface area contributed by atoms with Crippen LogP contribution in [-0.2, 0) is 6.54 Å². The van der Waals surface area contributed by atoms with Crippen molar-refractivity contribution in [2.24, 2.45) is 0 Å². The molecule has 0 radical (unpaired) electrons. The van der Waals surface area contributed by atoms with Gasteiger partial charge in [-0.2, -0.15) is 5.10 Å². The SMILES string of the molecule is CCCN(Cc1c(C(C)C)nn(-c2ccccc2)c1N(C)C)C(=O)c1cccs1. The molecule has 0 saturated heterocycles. The molecule has 154 valence electrons. The number of thiophene rings is 1. The van der Waals surface area contributed by atoms with Gasteiger partial charge in [-0.05, 0) is 35.9 Å². The minimum atomic E-state index is 0.0914. The van der Waals surface area contributed by atoms with Crippen molar-refractivity contribution in [2.45, 2.75) is 39.7 Å². The molecule has 0 aliphatic rings. The number of amides is 1. The molecule has 3 aromatic rings. The first-order chi connectivity index (χ1) is 13.9. The Kier molecular flexibility index (Phi) is 6.75. The van der Waals surface area contributed by atoms with Crippen LogP contribution in [0.4, 0.5) is 5.82 Å². The minimum absolute atomic E-state index is 0.0914. The molecule has 29 heavy (non-hydrogen) atoms. The number of nitrogens with zero attached hydrogens (tertiary/aromatic N) is 4. The highest BCUT2D eigenvalue weighted by Gasteiger charge is 2.26. The molecule has 3 rings (SSSR count). The monoisotopic (exact) mass is 410 g/mol. The van der Waals surface area contributed by atoms with Crippen molar-refractivity contribution in [2.75, 3.05) is 25.5 Å². The van der Waals surface area contributed by atoms with E-state index in [1.54, 1.807) is 0 Å². The number of carbonyl (C=O) groups is 1. The largest absolute Gasteiger partial charge is 0.362 e. The summed E-state index contributed by atoms with van der Waals surface area (Å²) in [6, 6.07) is 14.0. The maximum absolute atomic E-state index is 13.1. The topological polar surface area (TPSA) is 41.4 Å². The lowest BCUT2D eigenvalue weighted by Gasteiger charge is -2.24. The zero-order valence-corrected chi connectivity index (χ0v) is 18.7. The third kappa shape index (κ3) is 4.53. The number of benzene rings is 1. The Labute approximate surface area is 177 Å². The smallest absolute Gasteiger partial charge is 0.264 e. The van der Waals surface area contributed by atoms with Crippen molar-refractivity contribution in [3.05, 3.63) is 64.0 Å². The Hall–Kier alpha value is -2.60. The molecule has 0 aliphatic heterocycles. The van der Waals surface area contributed by atoms with E-state index in [0.29, 0.717) is 6.54 Å². The number of hydrogen-bond acceptors (Lipinski definition) is 4. The fourth-order valence-corrected chi connectivity index (χ4v) is 4.24. The quantitative estimate of drug-likeness (QED) is 0.514. The van der Waals surface area contributed by atoms with Gasteiger partial charge < -0.3 is 9.80 Å². The van der Waals surface area contributed by atoms with Crippen LogP contribution in [0.2, 0.25) is 0 Å². The van der Waals surface area contributed by atoms with Crippen molar-refractivity contribution < 1.29 is 4.79 Å². The average Bonchev–Trinajstić information content (AvgIpc) is 3.36. The second-order valence-corrected chi connectivity index (χ2v) is 8.64. The predicted octanol–water partition coefficient (Wildman–Crippen LogP) is 5.18. The molecule has 0 spiro atoms. The predicted molar refractivity (Wildman–Crippen MR) is 121 cm³/mol. The average molecular weight is 411 g/mol. The lowest BCUT2D eigenvalue weighted by Crippen LogP contribution is -2.31. The minimum Gasteiger partial charge on any atom is -0.362 e. The fourth-order valence-electron chi connectivity index (χ4n) is 3.55. The van der Waals surface area contributed by atoms with Crippen molar-refractivity contribution >= 4 is 23.1 Å². The van der Waals surface area contributed by atoms with E-state index >= 15 is 0 Å². The van der Waals surface area contributed by atoms with Gasteiger partial charge >= 0.3 is 0 Å². The highest BCUT2D eigenvalue weighted by molar-refractivity contribution is 7.12. The number of anilines is 1. The molecule has 2 aromatic heterocycles. The summed E-state index contributed by atoms with van der Waals surface area (Å²) in [4.78, 5) is 18.0. The molecule has 0 N–H and O–H groups in total. The van der Waals surface area contributed by atoms with E-state index in [2.05, 4.69) is 37.8 Å². The zero-order chi connectivity index (χ0) is 21.0. The van der Waals surface area contributed by atoms with Gasteiger partial charge in [0.05, 0.1) is 22.8 Å². The van der Waals surface area contributed by atoms with Crippen molar-refractivity contribution in [3.63, 3.8) is 0 Å².